The molecule has 2 aromatic heterocycles. The number of hydrogen-bond donors (Lipinski definition) is 1. The highest BCUT2D eigenvalue weighted by atomic mass is 32.2. The first kappa shape index (κ1) is 15.9. The molecule has 0 amide bonds. The highest BCUT2D eigenvalue weighted by molar-refractivity contribution is 7.99. The smallest absolute Gasteiger partial charge is 0.306 e. The summed E-state index contributed by atoms with van der Waals surface area (Å²) in [5.74, 6) is 1.68. The van der Waals surface area contributed by atoms with Gasteiger partial charge in [-0.2, -0.15) is 0 Å². The minimum absolute atomic E-state index is 0.0467. The number of nitrogens with zero attached hydrogens (tertiary/aromatic N) is 3. The van der Waals surface area contributed by atoms with Crippen LogP contribution < -0.4 is 5.69 Å². The molecule has 126 valence electrons. The van der Waals surface area contributed by atoms with Gasteiger partial charge >= 0.3 is 5.69 Å². The van der Waals surface area contributed by atoms with Crippen LogP contribution in [-0.2, 0) is 6.54 Å². The number of aryl methyl sites for hydroxylation is 2. The Labute approximate surface area is 149 Å². The largest absolute Gasteiger partial charge is 0.326 e. The molecule has 2 heterocycles. The van der Waals surface area contributed by atoms with Crippen LogP contribution in [0.1, 0.15) is 12.2 Å². The molecule has 0 unspecified atom stereocenters. The molecule has 0 aliphatic heterocycles. The van der Waals surface area contributed by atoms with Crippen LogP contribution in [-0.4, -0.2) is 25.3 Å². The van der Waals surface area contributed by atoms with Crippen molar-refractivity contribution in [2.45, 2.75) is 24.9 Å². The maximum Gasteiger partial charge on any atom is 0.326 e. The molecule has 0 radical (unpaired) electrons. The van der Waals surface area contributed by atoms with Gasteiger partial charge in [-0.15, -0.1) is 11.8 Å². The molecular weight excluding hydrogens is 332 g/mol. The van der Waals surface area contributed by atoms with Gasteiger partial charge in [-0.1, -0.05) is 30.3 Å². The summed E-state index contributed by atoms with van der Waals surface area (Å²) in [6.07, 6.45) is 0.893. The Morgan fingerprint density at radius 1 is 1.08 bits per heavy atom. The third-order valence-corrected chi connectivity index (χ3v) is 5.20. The van der Waals surface area contributed by atoms with Gasteiger partial charge in [0.1, 0.15) is 10.9 Å². The Bertz CT molecular complexity index is 1100. The van der Waals surface area contributed by atoms with E-state index in [1.54, 1.807) is 16.3 Å². The number of para-hydroxylation sites is 3. The highest BCUT2D eigenvalue weighted by Gasteiger charge is 2.08. The van der Waals surface area contributed by atoms with Gasteiger partial charge < -0.3 is 4.98 Å². The van der Waals surface area contributed by atoms with Crippen molar-refractivity contribution in [2.75, 3.05) is 5.75 Å². The summed E-state index contributed by atoms with van der Waals surface area (Å²) in [4.78, 5) is 24.1. The molecule has 4 aromatic rings. The van der Waals surface area contributed by atoms with Crippen molar-refractivity contribution in [3.05, 3.63) is 64.8 Å². The fourth-order valence-corrected chi connectivity index (χ4v) is 3.98. The van der Waals surface area contributed by atoms with Gasteiger partial charge in [0.2, 0.25) is 0 Å². The number of aromatic nitrogens is 4. The molecule has 6 heteroatoms. The van der Waals surface area contributed by atoms with Crippen molar-refractivity contribution in [3.8, 4) is 0 Å². The summed E-state index contributed by atoms with van der Waals surface area (Å²) in [6.45, 7) is 2.61. The lowest BCUT2D eigenvalue weighted by Gasteiger charge is -2.07. The van der Waals surface area contributed by atoms with E-state index < -0.39 is 0 Å². The molecule has 25 heavy (non-hydrogen) atoms. The maximum atomic E-state index is 12.1. The summed E-state index contributed by atoms with van der Waals surface area (Å²) >= 11 is 1.72. The molecule has 0 fully saturated rings. The van der Waals surface area contributed by atoms with Gasteiger partial charge in [-0.25, -0.2) is 14.8 Å². The monoisotopic (exact) mass is 350 g/mol. The fourth-order valence-electron chi connectivity index (χ4n) is 2.99. The van der Waals surface area contributed by atoms with Crippen LogP contribution in [0.4, 0.5) is 0 Å². The molecule has 0 spiro atoms. The SMILES string of the molecule is Cc1nc(SCCCn2c(=O)[nH]c3ccccc32)c2ccccc2n1. The Morgan fingerprint density at radius 2 is 1.88 bits per heavy atom. The van der Waals surface area contributed by atoms with Crippen LogP contribution in [0.5, 0.6) is 0 Å². The van der Waals surface area contributed by atoms with Gasteiger partial charge in [0, 0.05) is 17.7 Å². The van der Waals surface area contributed by atoms with Crippen molar-refractivity contribution in [1.82, 2.24) is 19.5 Å². The first-order valence-electron chi connectivity index (χ1n) is 8.26. The molecule has 0 aliphatic carbocycles. The van der Waals surface area contributed by atoms with E-state index in [9.17, 15) is 4.79 Å². The minimum Gasteiger partial charge on any atom is -0.306 e. The summed E-state index contributed by atoms with van der Waals surface area (Å²) < 4.78 is 1.80. The molecule has 0 saturated carbocycles. The Hall–Kier alpha value is -2.60. The highest BCUT2D eigenvalue weighted by Crippen LogP contribution is 2.25. The quantitative estimate of drug-likeness (QED) is 0.338. The average Bonchev–Trinajstić information content (AvgIpc) is 2.94. The second-order valence-corrected chi connectivity index (χ2v) is 6.98. The zero-order valence-corrected chi connectivity index (χ0v) is 14.7. The third-order valence-electron chi connectivity index (χ3n) is 4.13. The third kappa shape index (κ3) is 3.17. The first-order chi connectivity index (χ1) is 12.2. The standard InChI is InChI=1S/C19H18N4OS/c1-13-20-15-8-3-2-7-14(15)18(21-13)25-12-6-11-23-17-10-5-4-9-16(17)22-19(23)24/h2-5,7-10H,6,11-12H2,1H3,(H,22,24). The Morgan fingerprint density at radius 3 is 2.80 bits per heavy atom. The van der Waals surface area contributed by atoms with E-state index in [4.69, 9.17) is 0 Å². The molecule has 0 saturated heterocycles. The summed E-state index contributed by atoms with van der Waals surface area (Å²) in [6, 6.07) is 15.9. The lowest BCUT2D eigenvalue weighted by molar-refractivity contribution is 0.679. The molecule has 4 rings (SSSR count). The van der Waals surface area contributed by atoms with E-state index in [0.29, 0.717) is 6.54 Å². The van der Waals surface area contributed by atoms with Crippen LogP contribution >= 0.6 is 11.8 Å². The molecular formula is C19H18N4OS. The molecule has 0 bridgehead atoms. The minimum atomic E-state index is -0.0467. The summed E-state index contributed by atoms with van der Waals surface area (Å²) in [5, 5.41) is 2.09. The molecule has 2 aromatic carbocycles. The van der Waals surface area contributed by atoms with Gasteiger partial charge in [0.05, 0.1) is 16.6 Å². The molecule has 0 aliphatic rings. The van der Waals surface area contributed by atoms with Crippen molar-refractivity contribution < 1.29 is 0 Å². The Balaban J connectivity index is 1.48. The number of thioether (sulfide) groups is 1. The number of imidazole rings is 1. The van der Waals surface area contributed by atoms with Gasteiger partial charge in [-0.05, 0) is 31.5 Å². The van der Waals surface area contributed by atoms with Crippen molar-refractivity contribution >= 4 is 33.7 Å². The molecule has 0 atom stereocenters. The van der Waals surface area contributed by atoms with Gasteiger partial charge in [0.25, 0.3) is 0 Å². The summed E-state index contributed by atoms with van der Waals surface area (Å²) in [5.41, 5.74) is 2.78. The van der Waals surface area contributed by atoms with E-state index >= 15 is 0 Å². The molecule has 5 nitrogen and oxygen atoms in total. The van der Waals surface area contributed by atoms with Crippen molar-refractivity contribution in [1.29, 1.82) is 0 Å². The zero-order chi connectivity index (χ0) is 17.2. The van der Waals surface area contributed by atoms with Crippen molar-refractivity contribution in [2.24, 2.45) is 0 Å². The second-order valence-electron chi connectivity index (χ2n) is 5.89. The van der Waals surface area contributed by atoms with Crippen molar-refractivity contribution in [3.63, 3.8) is 0 Å². The average molecular weight is 350 g/mol. The number of hydrogen-bond acceptors (Lipinski definition) is 4. The predicted molar refractivity (Wildman–Crippen MR) is 102 cm³/mol. The van der Waals surface area contributed by atoms with Crippen LogP contribution in [0.2, 0.25) is 0 Å². The lowest BCUT2D eigenvalue weighted by atomic mass is 10.2. The van der Waals surface area contributed by atoms with E-state index in [2.05, 4.69) is 21.0 Å². The molecule has 1 N–H and O–H groups in total. The number of nitrogens with one attached hydrogen (secondary N) is 1. The number of rotatable bonds is 5. The van der Waals surface area contributed by atoms with E-state index in [1.807, 2.05) is 49.4 Å². The van der Waals surface area contributed by atoms with Crippen LogP contribution in [0, 0.1) is 6.92 Å². The second kappa shape index (κ2) is 6.72. The van der Waals surface area contributed by atoms with E-state index in [1.165, 1.54) is 0 Å². The van der Waals surface area contributed by atoms with E-state index in [-0.39, 0.29) is 5.69 Å². The lowest BCUT2D eigenvalue weighted by Crippen LogP contribution is -2.17. The fraction of sp³-hybridized carbons (Fsp3) is 0.211. The van der Waals surface area contributed by atoms with Crippen LogP contribution in [0.25, 0.3) is 21.9 Å². The van der Waals surface area contributed by atoms with Crippen LogP contribution in [0.3, 0.4) is 0 Å². The topological polar surface area (TPSA) is 63.6 Å². The normalized spacial score (nSPS) is 11.4. The maximum absolute atomic E-state index is 12.1. The van der Waals surface area contributed by atoms with Gasteiger partial charge in [-0.3, -0.25) is 4.57 Å². The Kier molecular flexibility index (Phi) is 4.28. The van der Waals surface area contributed by atoms with Gasteiger partial charge in [0.15, 0.2) is 0 Å². The first-order valence-corrected chi connectivity index (χ1v) is 9.25. The number of fused-ring (bicyclic) bond motifs is 2. The number of H-pyrrole nitrogens is 1. The summed E-state index contributed by atoms with van der Waals surface area (Å²) in [7, 11) is 0. The number of aromatic amines is 1. The number of benzene rings is 2. The zero-order valence-electron chi connectivity index (χ0n) is 13.9. The van der Waals surface area contributed by atoms with E-state index in [0.717, 1.165) is 45.0 Å². The predicted octanol–water partition coefficient (Wildman–Crippen LogP) is 3.76. The van der Waals surface area contributed by atoms with Crippen LogP contribution in [0.15, 0.2) is 58.4 Å².